The third kappa shape index (κ3) is 5.04. The minimum absolute atomic E-state index is 0.152. The Balaban J connectivity index is 1.66. The number of benzene rings is 2. The minimum Gasteiger partial charge on any atom is -0.451 e. The molecule has 8 nitrogen and oxygen atoms in total. The fourth-order valence-corrected chi connectivity index (χ4v) is 4.39. The van der Waals surface area contributed by atoms with Crippen LogP contribution in [0.15, 0.2) is 76.6 Å². The molecule has 0 spiro atoms. The van der Waals surface area contributed by atoms with E-state index in [4.69, 9.17) is 4.42 Å². The molecule has 158 valence electrons. The van der Waals surface area contributed by atoms with Crippen LogP contribution in [-0.2, 0) is 15.8 Å². The van der Waals surface area contributed by atoms with Gasteiger partial charge in [-0.1, -0.05) is 42.1 Å². The Kier molecular flexibility index (Phi) is 5.92. The summed E-state index contributed by atoms with van der Waals surface area (Å²) in [5.41, 5.74) is 1.88. The summed E-state index contributed by atoms with van der Waals surface area (Å²) in [7, 11) is -3.51. The summed E-state index contributed by atoms with van der Waals surface area (Å²) in [4.78, 5) is 21.5. The van der Waals surface area contributed by atoms with Crippen molar-refractivity contribution in [2.75, 3.05) is 16.3 Å². The van der Waals surface area contributed by atoms with Crippen LogP contribution in [0.2, 0.25) is 0 Å². The van der Waals surface area contributed by atoms with Gasteiger partial charge in [0.2, 0.25) is 10.0 Å². The van der Waals surface area contributed by atoms with Crippen molar-refractivity contribution < 1.29 is 17.6 Å². The molecular weight excluding hydrogens is 436 g/mol. The minimum atomic E-state index is -3.51. The Bertz CT molecular complexity index is 1340. The number of thioether (sulfide) groups is 1. The number of nitrogens with zero attached hydrogens (tertiary/aromatic N) is 2. The molecule has 10 heteroatoms. The lowest BCUT2D eigenvalue weighted by Gasteiger charge is -2.11. The lowest BCUT2D eigenvalue weighted by molar-refractivity contribution is 0.0998. The highest BCUT2D eigenvalue weighted by atomic mass is 32.2. The highest BCUT2D eigenvalue weighted by molar-refractivity contribution is 7.98. The number of amides is 1. The molecule has 0 atom stereocenters. The smallest absolute Gasteiger partial charge is 0.291 e. The number of furan rings is 1. The van der Waals surface area contributed by atoms with Crippen LogP contribution < -0.4 is 10.0 Å². The molecule has 4 aromatic rings. The van der Waals surface area contributed by atoms with Crippen LogP contribution in [0, 0.1) is 0 Å². The van der Waals surface area contributed by atoms with Gasteiger partial charge in [-0.2, -0.15) is 0 Å². The van der Waals surface area contributed by atoms with Crippen molar-refractivity contribution in [3.63, 3.8) is 0 Å². The van der Waals surface area contributed by atoms with Gasteiger partial charge in [0, 0.05) is 29.1 Å². The summed E-state index contributed by atoms with van der Waals surface area (Å²) < 4.78 is 31.5. The van der Waals surface area contributed by atoms with E-state index in [0.29, 0.717) is 27.7 Å². The molecule has 1 amide bonds. The van der Waals surface area contributed by atoms with E-state index < -0.39 is 15.9 Å². The third-order valence-electron chi connectivity index (χ3n) is 4.26. The Labute approximate surface area is 183 Å². The van der Waals surface area contributed by atoms with Crippen LogP contribution in [0.5, 0.6) is 0 Å². The molecule has 0 unspecified atom stereocenters. The zero-order valence-electron chi connectivity index (χ0n) is 16.4. The van der Waals surface area contributed by atoms with E-state index in [1.54, 1.807) is 48.8 Å². The predicted octanol–water partition coefficient (Wildman–Crippen LogP) is 4.14. The largest absolute Gasteiger partial charge is 0.451 e. The third-order valence-corrected chi connectivity index (χ3v) is 5.76. The van der Waals surface area contributed by atoms with E-state index in [9.17, 15) is 13.2 Å². The first-order valence-corrected chi connectivity index (χ1v) is 12.1. The normalized spacial score (nSPS) is 11.4. The number of hydrogen-bond acceptors (Lipinski definition) is 7. The number of para-hydroxylation sites is 3. The lowest BCUT2D eigenvalue weighted by Crippen LogP contribution is -2.16. The number of fused-ring (bicyclic) bond motifs is 1. The first-order valence-electron chi connectivity index (χ1n) is 9.19. The van der Waals surface area contributed by atoms with Crippen molar-refractivity contribution in [1.29, 1.82) is 0 Å². The molecule has 0 aliphatic heterocycles. The quantitative estimate of drug-likeness (QED) is 0.319. The predicted molar refractivity (Wildman–Crippen MR) is 121 cm³/mol. The van der Waals surface area contributed by atoms with Crippen molar-refractivity contribution in [3.8, 4) is 0 Å². The van der Waals surface area contributed by atoms with Crippen molar-refractivity contribution in [1.82, 2.24) is 9.97 Å². The molecule has 0 bridgehead atoms. The topological polar surface area (TPSA) is 114 Å². The number of carbonyl (C=O) groups excluding carboxylic acids is 1. The molecule has 4 rings (SSSR count). The second kappa shape index (κ2) is 8.78. The van der Waals surface area contributed by atoms with Crippen molar-refractivity contribution in [2.45, 2.75) is 10.9 Å². The van der Waals surface area contributed by atoms with Gasteiger partial charge in [-0.05, 0) is 24.3 Å². The van der Waals surface area contributed by atoms with Crippen LogP contribution in [0.4, 0.5) is 11.4 Å². The number of anilines is 2. The van der Waals surface area contributed by atoms with E-state index in [1.807, 2.05) is 18.2 Å². The molecule has 0 saturated heterocycles. The number of aromatic nitrogens is 2. The van der Waals surface area contributed by atoms with Gasteiger partial charge in [0.25, 0.3) is 5.91 Å². The molecule has 2 aromatic heterocycles. The standard InChI is InChI=1S/C21H18N4O4S2/c1-31(27,28)25-17-9-4-3-8-16(17)24-20(26)19-15(13-30-21-22-11-6-12-23-21)14-7-2-5-10-18(14)29-19/h2-12,25H,13H2,1H3,(H,24,26). The molecule has 2 heterocycles. The van der Waals surface area contributed by atoms with Crippen LogP contribution in [-0.4, -0.2) is 30.5 Å². The molecule has 0 aliphatic rings. The van der Waals surface area contributed by atoms with Gasteiger partial charge in [0.15, 0.2) is 10.9 Å². The summed E-state index contributed by atoms with van der Waals surface area (Å²) in [6, 6.07) is 15.7. The molecule has 0 saturated carbocycles. The van der Waals surface area contributed by atoms with Crippen LogP contribution in [0.3, 0.4) is 0 Å². The van der Waals surface area contributed by atoms with Gasteiger partial charge in [0.1, 0.15) is 5.58 Å². The van der Waals surface area contributed by atoms with E-state index >= 15 is 0 Å². The van der Waals surface area contributed by atoms with Crippen LogP contribution in [0.1, 0.15) is 16.1 Å². The maximum Gasteiger partial charge on any atom is 0.291 e. The molecule has 0 aliphatic carbocycles. The van der Waals surface area contributed by atoms with Gasteiger partial charge < -0.3 is 9.73 Å². The van der Waals surface area contributed by atoms with Crippen molar-refractivity contribution in [3.05, 3.63) is 78.3 Å². The number of carbonyl (C=O) groups is 1. The second-order valence-corrected chi connectivity index (χ2v) is 9.29. The molecule has 2 aromatic carbocycles. The first-order chi connectivity index (χ1) is 14.9. The zero-order chi connectivity index (χ0) is 21.8. The second-order valence-electron chi connectivity index (χ2n) is 6.60. The number of sulfonamides is 1. The number of hydrogen-bond donors (Lipinski definition) is 2. The summed E-state index contributed by atoms with van der Waals surface area (Å²) in [5, 5.41) is 4.15. The summed E-state index contributed by atoms with van der Waals surface area (Å²) in [5.74, 6) is 0.0924. The Hall–Kier alpha value is -3.37. The Morgan fingerprint density at radius 1 is 1.00 bits per heavy atom. The molecule has 0 radical (unpaired) electrons. The van der Waals surface area contributed by atoms with E-state index in [0.717, 1.165) is 11.6 Å². The van der Waals surface area contributed by atoms with Gasteiger partial charge >= 0.3 is 0 Å². The van der Waals surface area contributed by atoms with Gasteiger partial charge in [-0.3, -0.25) is 9.52 Å². The zero-order valence-corrected chi connectivity index (χ0v) is 18.0. The highest BCUT2D eigenvalue weighted by Crippen LogP contribution is 2.32. The maximum atomic E-state index is 13.1. The monoisotopic (exact) mass is 454 g/mol. The Morgan fingerprint density at radius 3 is 2.42 bits per heavy atom. The lowest BCUT2D eigenvalue weighted by atomic mass is 10.1. The summed E-state index contributed by atoms with van der Waals surface area (Å²) in [6.07, 6.45) is 4.36. The summed E-state index contributed by atoms with van der Waals surface area (Å²) in [6.45, 7) is 0. The molecular formula is C21H18N4O4S2. The van der Waals surface area contributed by atoms with Crippen LogP contribution in [0.25, 0.3) is 11.0 Å². The maximum absolute atomic E-state index is 13.1. The van der Waals surface area contributed by atoms with E-state index in [1.165, 1.54) is 11.8 Å². The number of nitrogens with one attached hydrogen (secondary N) is 2. The fraction of sp³-hybridized carbons (Fsp3) is 0.0952. The van der Waals surface area contributed by atoms with Crippen LogP contribution >= 0.6 is 11.8 Å². The average molecular weight is 455 g/mol. The average Bonchev–Trinajstić information content (AvgIpc) is 3.12. The first kappa shape index (κ1) is 20.9. The van der Waals surface area contributed by atoms with Gasteiger partial charge in [-0.25, -0.2) is 18.4 Å². The van der Waals surface area contributed by atoms with Gasteiger partial charge in [-0.15, -0.1) is 0 Å². The van der Waals surface area contributed by atoms with E-state index in [2.05, 4.69) is 20.0 Å². The Morgan fingerprint density at radius 2 is 1.68 bits per heavy atom. The molecule has 0 fully saturated rings. The van der Waals surface area contributed by atoms with Crippen molar-refractivity contribution in [2.24, 2.45) is 0 Å². The molecule has 2 N–H and O–H groups in total. The number of rotatable bonds is 7. The van der Waals surface area contributed by atoms with Gasteiger partial charge in [0.05, 0.1) is 17.6 Å². The summed E-state index contributed by atoms with van der Waals surface area (Å²) >= 11 is 1.39. The van der Waals surface area contributed by atoms with Crippen molar-refractivity contribution >= 4 is 50.0 Å². The fourth-order valence-electron chi connectivity index (χ4n) is 2.98. The van der Waals surface area contributed by atoms with E-state index in [-0.39, 0.29) is 11.4 Å². The SMILES string of the molecule is CS(=O)(=O)Nc1ccccc1NC(=O)c1oc2ccccc2c1CSc1ncccn1. The molecule has 31 heavy (non-hydrogen) atoms. The highest BCUT2D eigenvalue weighted by Gasteiger charge is 2.22.